The van der Waals surface area contributed by atoms with Crippen molar-refractivity contribution in [2.75, 3.05) is 13.2 Å². The van der Waals surface area contributed by atoms with Crippen molar-refractivity contribution in [2.24, 2.45) is 28.6 Å². The maximum atomic E-state index is 13.4. The highest BCUT2D eigenvalue weighted by molar-refractivity contribution is 5.73. The van der Waals surface area contributed by atoms with E-state index in [9.17, 15) is 9.90 Å². The van der Waals surface area contributed by atoms with Crippen molar-refractivity contribution in [2.45, 2.75) is 81.1 Å². The Bertz CT molecular complexity index is 1550. The van der Waals surface area contributed by atoms with E-state index < -0.39 is 0 Å². The molecule has 0 bridgehead atoms. The zero-order chi connectivity index (χ0) is 34.9. The number of rotatable bonds is 14. The van der Waals surface area contributed by atoms with Gasteiger partial charge in [-0.1, -0.05) is 116 Å². The molecule has 0 saturated carbocycles. The van der Waals surface area contributed by atoms with Crippen molar-refractivity contribution >= 4 is 5.97 Å². The number of esters is 1. The van der Waals surface area contributed by atoms with Gasteiger partial charge in [0.1, 0.15) is 24.7 Å². The molecule has 0 aliphatic carbocycles. The third kappa shape index (κ3) is 11.2. The number of hydrogen-bond acceptors (Lipinski definition) is 7. The lowest BCUT2D eigenvalue weighted by Gasteiger charge is -2.30. The van der Waals surface area contributed by atoms with E-state index in [4.69, 9.17) is 24.4 Å². The molecule has 4 aromatic rings. The number of carbonyl (C=O) groups excluding carboxylic acids is 1. The molecule has 3 atom stereocenters. The van der Waals surface area contributed by atoms with Gasteiger partial charge in [0.2, 0.25) is 0 Å². The Morgan fingerprint density at radius 2 is 1.25 bits per heavy atom. The monoisotopic (exact) mass is 651 g/mol. The van der Waals surface area contributed by atoms with E-state index in [2.05, 4.69) is 55.4 Å². The van der Waals surface area contributed by atoms with Crippen LogP contribution in [0.25, 0.3) is 34.2 Å². The topological polar surface area (TPSA) is 94.4 Å². The minimum absolute atomic E-state index is 0.0193. The van der Waals surface area contributed by atoms with Gasteiger partial charge in [-0.3, -0.25) is 4.79 Å². The molecule has 0 amide bonds. The minimum Gasteiger partial charge on any atom is -0.507 e. The van der Waals surface area contributed by atoms with Crippen LogP contribution in [0.2, 0.25) is 0 Å². The van der Waals surface area contributed by atoms with Crippen LogP contribution in [0.15, 0.2) is 78.9 Å². The summed E-state index contributed by atoms with van der Waals surface area (Å²) in [6.45, 7) is 18.2. The molecule has 0 saturated heterocycles. The first kappa shape index (κ1) is 36.6. The molecule has 1 heterocycles. The van der Waals surface area contributed by atoms with Crippen LogP contribution in [0, 0.1) is 28.6 Å². The predicted octanol–water partition coefficient (Wildman–Crippen LogP) is 10.0. The lowest BCUT2D eigenvalue weighted by atomic mass is 9.76. The normalized spacial score (nSPS) is 13.8. The van der Waals surface area contributed by atoms with Gasteiger partial charge in [0.15, 0.2) is 17.5 Å². The number of phenols is 1. The Labute approximate surface area is 287 Å². The fourth-order valence-electron chi connectivity index (χ4n) is 6.48. The Morgan fingerprint density at radius 3 is 1.77 bits per heavy atom. The summed E-state index contributed by atoms with van der Waals surface area (Å²) in [5, 5.41) is 11.0. The standard InChI is InChI=1S/C41H53N3O4/c1-28(26-40(3,4)5)19-21-33(29(2)27-41(6,7)8)39(46)48-24-23-47-32-20-22-34(35(45)25-32)38-43-36(30-15-11-9-12-16-30)42-37(44-38)31-17-13-10-14-18-31/h9-18,20,22,25,28-29,33,45H,19,21,23-24,26-27H2,1-8H3. The first-order valence-corrected chi connectivity index (χ1v) is 17.2. The molecule has 4 rings (SSSR count). The van der Waals surface area contributed by atoms with Crippen LogP contribution in [0.3, 0.4) is 0 Å². The van der Waals surface area contributed by atoms with Crippen molar-refractivity contribution in [3.8, 4) is 45.7 Å². The van der Waals surface area contributed by atoms with Crippen molar-refractivity contribution < 1.29 is 19.4 Å². The number of carbonyl (C=O) groups is 1. The zero-order valence-electron chi connectivity index (χ0n) is 30.0. The van der Waals surface area contributed by atoms with Gasteiger partial charge in [0.25, 0.3) is 0 Å². The van der Waals surface area contributed by atoms with E-state index in [-0.39, 0.29) is 47.6 Å². The van der Waals surface area contributed by atoms with Gasteiger partial charge < -0.3 is 14.6 Å². The van der Waals surface area contributed by atoms with E-state index >= 15 is 0 Å². The average Bonchev–Trinajstić information content (AvgIpc) is 3.02. The lowest BCUT2D eigenvalue weighted by Crippen LogP contribution is -2.29. The second-order valence-corrected chi connectivity index (χ2v) is 15.5. The molecule has 1 N–H and O–H groups in total. The summed E-state index contributed by atoms with van der Waals surface area (Å²) in [7, 11) is 0. The van der Waals surface area contributed by atoms with Crippen LogP contribution < -0.4 is 4.74 Å². The Balaban J connectivity index is 1.42. The third-order valence-corrected chi connectivity index (χ3v) is 8.36. The number of hydrogen-bond donors (Lipinski definition) is 1. The molecule has 0 spiro atoms. The SMILES string of the molecule is CC(CCC(C(=O)OCCOc1ccc(-c2nc(-c3ccccc3)nc(-c3ccccc3)n2)c(O)c1)C(C)CC(C)(C)C)CC(C)(C)C. The summed E-state index contributed by atoms with van der Waals surface area (Å²) < 4.78 is 11.7. The smallest absolute Gasteiger partial charge is 0.309 e. The highest BCUT2D eigenvalue weighted by Gasteiger charge is 2.30. The van der Waals surface area contributed by atoms with Gasteiger partial charge >= 0.3 is 5.97 Å². The van der Waals surface area contributed by atoms with Crippen LogP contribution >= 0.6 is 0 Å². The highest BCUT2D eigenvalue weighted by atomic mass is 16.6. The Morgan fingerprint density at radius 1 is 0.708 bits per heavy atom. The summed E-state index contributed by atoms with van der Waals surface area (Å²) in [6.07, 6.45) is 3.88. The Hall–Kier alpha value is -4.26. The summed E-state index contributed by atoms with van der Waals surface area (Å²) in [4.78, 5) is 27.5. The molecular weight excluding hydrogens is 598 g/mol. The summed E-state index contributed by atoms with van der Waals surface area (Å²) in [5.41, 5.74) is 2.54. The molecule has 0 aliphatic heterocycles. The molecule has 0 fully saturated rings. The summed E-state index contributed by atoms with van der Waals surface area (Å²) in [6, 6.07) is 24.4. The van der Waals surface area contributed by atoms with Crippen LogP contribution in [0.1, 0.15) is 81.1 Å². The Kier molecular flexibility index (Phi) is 12.4. The van der Waals surface area contributed by atoms with Crippen molar-refractivity contribution in [3.63, 3.8) is 0 Å². The highest BCUT2D eigenvalue weighted by Crippen LogP contribution is 2.35. The zero-order valence-corrected chi connectivity index (χ0v) is 30.0. The molecule has 7 nitrogen and oxygen atoms in total. The van der Waals surface area contributed by atoms with Crippen molar-refractivity contribution in [1.82, 2.24) is 15.0 Å². The van der Waals surface area contributed by atoms with Crippen LogP contribution in [0.5, 0.6) is 11.5 Å². The molecule has 3 unspecified atom stereocenters. The van der Waals surface area contributed by atoms with Crippen LogP contribution in [-0.2, 0) is 9.53 Å². The first-order chi connectivity index (χ1) is 22.7. The molecule has 0 radical (unpaired) electrons. The predicted molar refractivity (Wildman–Crippen MR) is 193 cm³/mol. The molecule has 7 heteroatoms. The third-order valence-electron chi connectivity index (χ3n) is 8.36. The number of ether oxygens (including phenoxy) is 2. The number of aromatic nitrogens is 3. The number of phenolic OH excluding ortho intramolecular Hbond substituents is 1. The minimum atomic E-state index is -0.158. The average molecular weight is 652 g/mol. The molecule has 3 aromatic carbocycles. The first-order valence-electron chi connectivity index (χ1n) is 17.2. The quantitative estimate of drug-likeness (QED) is 0.107. The van der Waals surface area contributed by atoms with Gasteiger partial charge in [-0.25, -0.2) is 15.0 Å². The molecular formula is C41H53N3O4. The van der Waals surface area contributed by atoms with Crippen molar-refractivity contribution in [3.05, 3.63) is 78.9 Å². The summed E-state index contributed by atoms with van der Waals surface area (Å²) in [5.74, 6) is 2.26. The second-order valence-electron chi connectivity index (χ2n) is 15.5. The van der Waals surface area contributed by atoms with Crippen LogP contribution in [-0.4, -0.2) is 39.2 Å². The number of benzene rings is 3. The number of aromatic hydroxyl groups is 1. The summed E-state index contributed by atoms with van der Waals surface area (Å²) >= 11 is 0. The van der Waals surface area contributed by atoms with Gasteiger partial charge in [0, 0.05) is 17.2 Å². The molecule has 256 valence electrons. The lowest BCUT2D eigenvalue weighted by molar-refractivity contribution is -0.152. The van der Waals surface area contributed by atoms with Gasteiger partial charge in [-0.2, -0.15) is 0 Å². The van der Waals surface area contributed by atoms with Crippen molar-refractivity contribution in [1.29, 1.82) is 0 Å². The largest absolute Gasteiger partial charge is 0.507 e. The molecule has 0 aliphatic rings. The maximum Gasteiger partial charge on any atom is 0.309 e. The van der Waals surface area contributed by atoms with E-state index in [1.165, 1.54) is 6.07 Å². The van der Waals surface area contributed by atoms with Gasteiger partial charge in [-0.05, 0) is 60.5 Å². The van der Waals surface area contributed by atoms with Gasteiger partial charge in [-0.15, -0.1) is 0 Å². The van der Waals surface area contributed by atoms with E-state index in [1.807, 2.05) is 60.7 Å². The molecule has 48 heavy (non-hydrogen) atoms. The van der Waals surface area contributed by atoms with E-state index in [1.54, 1.807) is 12.1 Å². The second kappa shape index (κ2) is 16.2. The molecule has 1 aromatic heterocycles. The maximum absolute atomic E-state index is 13.4. The van der Waals surface area contributed by atoms with Crippen LogP contribution in [0.4, 0.5) is 0 Å². The van der Waals surface area contributed by atoms with Gasteiger partial charge in [0.05, 0.1) is 11.5 Å². The van der Waals surface area contributed by atoms with E-state index in [0.717, 1.165) is 36.8 Å². The fourth-order valence-corrected chi connectivity index (χ4v) is 6.48. The number of nitrogens with zero attached hydrogens (tertiary/aromatic N) is 3. The fraction of sp³-hybridized carbons (Fsp3) is 0.463. The van der Waals surface area contributed by atoms with E-state index in [0.29, 0.717) is 34.7 Å².